The molecule has 0 amide bonds. The van der Waals surface area contributed by atoms with Gasteiger partial charge in [-0.05, 0) is 55.8 Å². The molecule has 0 radical (unpaired) electrons. The highest BCUT2D eigenvalue weighted by molar-refractivity contribution is 7.13. The van der Waals surface area contributed by atoms with Crippen LogP contribution in [-0.2, 0) is 6.42 Å². The number of H-pyrrole nitrogens is 1. The van der Waals surface area contributed by atoms with E-state index in [4.69, 9.17) is 4.98 Å². The Morgan fingerprint density at radius 2 is 2.43 bits per heavy atom. The summed E-state index contributed by atoms with van der Waals surface area (Å²) < 4.78 is 0. The molecule has 21 heavy (non-hydrogen) atoms. The van der Waals surface area contributed by atoms with Crippen molar-refractivity contribution in [3.05, 3.63) is 17.0 Å². The average molecular weight is 305 g/mol. The molecular weight excluding hydrogens is 282 g/mol. The van der Waals surface area contributed by atoms with Crippen molar-refractivity contribution in [1.82, 2.24) is 20.5 Å². The number of piperidine rings is 1. The van der Waals surface area contributed by atoms with Crippen LogP contribution in [0.15, 0.2) is 11.4 Å². The van der Waals surface area contributed by atoms with Crippen molar-refractivity contribution in [3.8, 4) is 10.7 Å². The second kappa shape index (κ2) is 6.58. The van der Waals surface area contributed by atoms with Gasteiger partial charge in [0, 0.05) is 13.1 Å². The van der Waals surface area contributed by atoms with Crippen LogP contribution >= 0.6 is 11.3 Å². The molecule has 1 saturated heterocycles. The van der Waals surface area contributed by atoms with Gasteiger partial charge in [0.1, 0.15) is 0 Å². The van der Waals surface area contributed by atoms with Crippen LogP contribution in [0.5, 0.6) is 0 Å². The first-order valence-electron chi connectivity index (χ1n) is 7.70. The summed E-state index contributed by atoms with van der Waals surface area (Å²) in [5.41, 5.74) is 1.34. The van der Waals surface area contributed by atoms with Crippen LogP contribution in [0.1, 0.15) is 25.3 Å². The smallest absolute Gasteiger partial charge is 0.245 e. The third-order valence-electron chi connectivity index (χ3n) is 4.11. The van der Waals surface area contributed by atoms with Crippen LogP contribution in [0.3, 0.4) is 0 Å². The van der Waals surface area contributed by atoms with E-state index in [1.807, 2.05) is 7.05 Å². The van der Waals surface area contributed by atoms with E-state index in [0.29, 0.717) is 5.92 Å². The van der Waals surface area contributed by atoms with Gasteiger partial charge in [0.05, 0.1) is 4.88 Å². The van der Waals surface area contributed by atoms with Crippen molar-refractivity contribution in [2.24, 2.45) is 5.92 Å². The van der Waals surface area contributed by atoms with Crippen LogP contribution in [0.4, 0.5) is 5.95 Å². The molecule has 1 aliphatic rings. The van der Waals surface area contributed by atoms with E-state index >= 15 is 0 Å². The van der Waals surface area contributed by atoms with E-state index < -0.39 is 0 Å². The topological polar surface area (TPSA) is 56.8 Å². The highest BCUT2D eigenvalue weighted by Gasteiger charge is 2.22. The minimum absolute atomic E-state index is 0.693. The Morgan fingerprint density at radius 3 is 3.24 bits per heavy atom. The number of nitrogens with one attached hydrogen (secondary N) is 2. The molecule has 114 valence electrons. The fourth-order valence-electron chi connectivity index (χ4n) is 3.02. The molecule has 0 saturated carbocycles. The van der Waals surface area contributed by atoms with Crippen LogP contribution in [-0.4, -0.2) is 41.9 Å². The molecule has 0 aliphatic carbocycles. The molecule has 3 rings (SSSR count). The molecule has 5 nitrogen and oxygen atoms in total. The van der Waals surface area contributed by atoms with Crippen LogP contribution in [0.2, 0.25) is 0 Å². The Morgan fingerprint density at radius 1 is 1.52 bits per heavy atom. The molecule has 2 aromatic rings. The second-order valence-corrected chi connectivity index (χ2v) is 6.54. The first-order chi connectivity index (χ1) is 10.3. The zero-order chi connectivity index (χ0) is 14.7. The second-order valence-electron chi connectivity index (χ2n) is 5.62. The van der Waals surface area contributed by atoms with E-state index in [1.165, 1.54) is 23.3 Å². The highest BCUT2D eigenvalue weighted by Crippen LogP contribution is 2.29. The summed E-state index contributed by atoms with van der Waals surface area (Å²) in [6, 6.07) is 2.17. The van der Waals surface area contributed by atoms with E-state index in [-0.39, 0.29) is 0 Å². The maximum Gasteiger partial charge on any atom is 0.245 e. The van der Waals surface area contributed by atoms with Gasteiger partial charge in [-0.3, -0.25) is 5.10 Å². The fourth-order valence-corrected chi connectivity index (χ4v) is 3.95. The zero-order valence-electron chi connectivity index (χ0n) is 12.7. The first kappa shape index (κ1) is 14.5. The zero-order valence-corrected chi connectivity index (χ0v) is 13.5. The standard InChI is InChI=1S/C15H23N5S/c1-3-12-6-8-21-13(12)14-17-15(19-18-14)20-7-4-5-11(10-20)9-16-2/h6,8,11,16H,3-5,7,9-10H2,1-2H3,(H,17,18,19). The molecule has 1 unspecified atom stereocenters. The third-order valence-corrected chi connectivity index (χ3v) is 5.07. The number of rotatable bonds is 5. The molecule has 1 aliphatic heterocycles. The summed E-state index contributed by atoms with van der Waals surface area (Å²) in [5, 5.41) is 13.0. The molecule has 0 spiro atoms. The summed E-state index contributed by atoms with van der Waals surface area (Å²) in [5.74, 6) is 2.45. The van der Waals surface area contributed by atoms with Crippen molar-refractivity contribution in [2.45, 2.75) is 26.2 Å². The predicted molar refractivity (Wildman–Crippen MR) is 87.9 cm³/mol. The predicted octanol–water partition coefficient (Wildman–Crippen LogP) is 2.53. The number of anilines is 1. The van der Waals surface area contributed by atoms with Crippen molar-refractivity contribution in [3.63, 3.8) is 0 Å². The molecular formula is C15H23N5S. The minimum atomic E-state index is 0.693. The first-order valence-corrected chi connectivity index (χ1v) is 8.58. The lowest BCUT2D eigenvalue weighted by Gasteiger charge is -2.31. The Hall–Kier alpha value is -1.40. The van der Waals surface area contributed by atoms with Gasteiger partial charge >= 0.3 is 0 Å². The SMILES string of the molecule is CCc1ccsc1-c1nc(N2CCCC(CNC)C2)n[nH]1. The molecule has 2 aromatic heterocycles. The van der Waals surface area contributed by atoms with Crippen LogP contribution < -0.4 is 10.2 Å². The number of aromatic nitrogens is 3. The van der Waals surface area contributed by atoms with Crippen molar-refractivity contribution in [2.75, 3.05) is 31.6 Å². The monoisotopic (exact) mass is 305 g/mol. The molecule has 0 aromatic carbocycles. The summed E-state index contributed by atoms with van der Waals surface area (Å²) in [6.07, 6.45) is 3.54. The minimum Gasteiger partial charge on any atom is -0.339 e. The number of hydrogen-bond acceptors (Lipinski definition) is 5. The van der Waals surface area contributed by atoms with Gasteiger partial charge < -0.3 is 10.2 Å². The van der Waals surface area contributed by atoms with Gasteiger partial charge in [0.15, 0.2) is 5.82 Å². The highest BCUT2D eigenvalue weighted by atomic mass is 32.1. The number of aromatic amines is 1. The molecule has 1 atom stereocenters. The fraction of sp³-hybridized carbons (Fsp3) is 0.600. The van der Waals surface area contributed by atoms with E-state index in [0.717, 1.165) is 37.8 Å². The number of hydrogen-bond donors (Lipinski definition) is 2. The van der Waals surface area contributed by atoms with Gasteiger partial charge in [0.2, 0.25) is 5.95 Å². The molecule has 0 bridgehead atoms. The van der Waals surface area contributed by atoms with E-state index in [2.05, 4.69) is 38.8 Å². The van der Waals surface area contributed by atoms with Gasteiger partial charge in [-0.2, -0.15) is 4.98 Å². The summed E-state index contributed by atoms with van der Waals surface area (Å²) >= 11 is 1.73. The number of aryl methyl sites for hydroxylation is 1. The lowest BCUT2D eigenvalue weighted by atomic mass is 9.98. The number of thiophene rings is 1. The van der Waals surface area contributed by atoms with Crippen LogP contribution in [0.25, 0.3) is 10.7 Å². The van der Waals surface area contributed by atoms with Gasteiger partial charge in [-0.15, -0.1) is 16.4 Å². The Labute approximate surface area is 129 Å². The maximum absolute atomic E-state index is 4.73. The largest absolute Gasteiger partial charge is 0.339 e. The van der Waals surface area contributed by atoms with Crippen molar-refractivity contribution >= 4 is 17.3 Å². The Kier molecular flexibility index (Phi) is 4.55. The van der Waals surface area contributed by atoms with E-state index in [1.54, 1.807) is 11.3 Å². The molecule has 1 fully saturated rings. The Bertz CT molecular complexity index is 574. The summed E-state index contributed by atoms with van der Waals surface area (Å²) in [4.78, 5) is 8.26. The molecule has 2 N–H and O–H groups in total. The quantitative estimate of drug-likeness (QED) is 0.891. The van der Waals surface area contributed by atoms with Crippen molar-refractivity contribution < 1.29 is 0 Å². The van der Waals surface area contributed by atoms with Gasteiger partial charge in [-0.1, -0.05) is 6.92 Å². The van der Waals surface area contributed by atoms with Gasteiger partial charge in [0.25, 0.3) is 0 Å². The van der Waals surface area contributed by atoms with Crippen molar-refractivity contribution in [1.29, 1.82) is 0 Å². The average Bonchev–Trinajstić information content (AvgIpc) is 3.16. The normalized spacial score (nSPS) is 19.1. The van der Waals surface area contributed by atoms with E-state index in [9.17, 15) is 0 Å². The Balaban J connectivity index is 1.75. The lowest BCUT2D eigenvalue weighted by Crippen LogP contribution is -2.39. The van der Waals surface area contributed by atoms with Crippen LogP contribution in [0, 0.1) is 5.92 Å². The molecule has 3 heterocycles. The summed E-state index contributed by atoms with van der Waals surface area (Å²) in [6.45, 7) is 5.35. The third kappa shape index (κ3) is 3.11. The molecule has 6 heteroatoms. The van der Waals surface area contributed by atoms with Gasteiger partial charge in [-0.25, -0.2) is 0 Å². The lowest BCUT2D eigenvalue weighted by molar-refractivity contribution is 0.399. The number of nitrogens with zero attached hydrogens (tertiary/aromatic N) is 3. The summed E-state index contributed by atoms with van der Waals surface area (Å²) in [7, 11) is 2.02. The maximum atomic E-state index is 4.73.